The summed E-state index contributed by atoms with van der Waals surface area (Å²) < 4.78 is 12.6. The second kappa shape index (κ2) is 14.3. The molecule has 0 amide bonds. The summed E-state index contributed by atoms with van der Waals surface area (Å²) >= 11 is 0. The normalized spacial score (nSPS) is 12.8. The van der Waals surface area contributed by atoms with Gasteiger partial charge < -0.3 is 13.7 Å². The molecule has 13 rings (SSSR count). The van der Waals surface area contributed by atoms with Crippen molar-refractivity contribution in [3.05, 3.63) is 259 Å². The maximum absolute atomic E-state index is 6.31. The number of anilines is 3. The average Bonchev–Trinajstić information content (AvgIpc) is 4.04. The third kappa shape index (κ3) is 5.41. The molecule has 10 aromatic carbocycles. The van der Waals surface area contributed by atoms with Crippen LogP contribution in [0.5, 0.6) is 0 Å². The molecule has 0 saturated carbocycles. The number of rotatable bonds is 7. The SMILES string of the molecule is c1ccc(C2(c3ccccc3)c3ccccc3-c3c(N(c4ccc(-c5ccc6c(c5)oc5ccccc56)cc4)c4ccc(-c5cccc6oc7ccccc7c56)cc4)cccc32)cc1. The summed E-state index contributed by atoms with van der Waals surface area (Å²) in [5.41, 5.74) is 18.3. The highest BCUT2D eigenvalue weighted by Gasteiger charge is 2.47. The number of benzene rings is 10. The molecule has 0 N–H and O–H groups in total. The lowest BCUT2D eigenvalue weighted by molar-refractivity contribution is 0.668. The van der Waals surface area contributed by atoms with Gasteiger partial charge in [0.2, 0.25) is 0 Å². The molecule has 1 aliphatic rings. The summed E-state index contributed by atoms with van der Waals surface area (Å²) in [6, 6.07) is 85.4. The van der Waals surface area contributed by atoms with Gasteiger partial charge in [0.25, 0.3) is 0 Å². The van der Waals surface area contributed by atoms with Gasteiger partial charge in [0.05, 0.1) is 11.1 Å². The standard InChI is InChI=1S/C61H39NO2/c1-3-15-43(16-4-1)61(44-17-5-2-6-18-44)52-23-10-7-20-50(52)60-53(61)24-14-25-54(60)62(45-34-29-40(30-35-45)42-33-38-49-48-19-8-11-26-55(48)64-58(49)39-42)46-36-31-41(32-37-46)47-22-13-28-57-59(47)51-21-9-12-27-56(51)63-57/h1-39H. The molecule has 0 fully saturated rings. The number of fused-ring (bicyclic) bond motifs is 9. The van der Waals surface area contributed by atoms with E-state index >= 15 is 0 Å². The largest absolute Gasteiger partial charge is 0.456 e. The van der Waals surface area contributed by atoms with Crippen molar-refractivity contribution in [3.63, 3.8) is 0 Å². The Morgan fingerprint density at radius 2 is 0.844 bits per heavy atom. The van der Waals surface area contributed by atoms with E-state index in [9.17, 15) is 0 Å². The van der Waals surface area contributed by atoms with Gasteiger partial charge in [-0.25, -0.2) is 0 Å². The molecule has 2 aromatic heterocycles. The second-order valence-corrected chi connectivity index (χ2v) is 16.7. The number of furan rings is 2. The summed E-state index contributed by atoms with van der Waals surface area (Å²) in [6.45, 7) is 0. The van der Waals surface area contributed by atoms with Crippen LogP contribution in [0.25, 0.3) is 77.3 Å². The lowest BCUT2D eigenvalue weighted by Gasteiger charge is -2.34. The summed E-state index contributed by atoms with van der Waals surface area (Å²) in [4.78, 5) is 2.44. The predicted molar refractivity (Wildman–Crippen MR) is 264 cm³/mol. The van der Waals surface area contributed by atoms with Gasteiger partial charge >= 0.3 is 0 Å². The van der Waals surface area contributed by atoms with Gasteiger partial charge in [0.1, 0.15) is 22.3 Å². The molecule has 0 atom stereocenters. The number of nitrogens with zero attached hydrogens (tertiary/aromatic N) is 1. The van der Waals surface area contributed by atoms with E-state index in [2.05, 4.69) is 217 Å². The van der Waals surface area contributed by atoms with Gasteiger partial charge in [-0.1, -0.05) is 176 Å². The first kappa shape index (κ1) is 36.3. The molecule has 12 aromatic rings. The number of hydrogen-bond donors (Lipinski definition) is 0. The second-order valence-electron chi connectivity index (χ2n) is 16.7. The molecule has 0 unspecified atom stereocenters. The Morgan fingerprint density at radius 3 is 1.58 bits per heavy atom. The fourth-order valence-corrected chi connectivity index (χ4v) is 10.6. The Kier molecular flexibility index (Phi) is 8.13. The van der Waals surface area contributed by atoms with Crippen LogP contribution < -0.4 is 4.90 Å². The third-order valence-electron chi connectivity index (χ3n) is 13.4. The Hall–Kier alpha value is -8.40. The highest BCUT2D eigenvalue weighted by Crippen LogP contribution is 2.59. The van der Waals surface area contributed by atoms with Gasteiger partial charge in [0, 0.05) is 38.5 Å². The highest BCUT2D eigenvalue weighted by atomic mass is 16.3. The Morgan fingerprint density at radius 1 is 0.328 bits per heavy atom. The quantitative estimate of drug-likeness (QED) is 0.160. The smallest absolute Gasteiger partial charge is 0.136 e. The first-order chi connectivity index (χ1) is 31.7. The molecule has 3 heteroatoms. The lowest BCUT2D eigenvalue weighted by atomic mass is 9.68. The van der Waals surface area contributed by atoms with Crippen LogP contribution in [-0.2, 0) is 5.41 Å². The maximum Gasteiger partial charge on any atom is 0.136 e. The van der Waals surface area contributed by atoms with Gasteiger partial charge in [0.15, 0.2) is 0 Å². The highest BCUT2D eigenvalue weighted by molar-refractivity contribution is 6.12. The van der Waals surface area contributed by atoms with Gasteiger partial charge in [-0.05, 0) is 111 Å². The molecule has 0 spiro atoms. The lowest BCUT2D eigenvalue weighted by Crippen LogP contribution is -2.28. The number of para-hydroxylation sites is 2. The fraction of sp³-hybridized carbons (Fsp3) is 0.0164. The van der Waals surface area contributed by atoms with Crippen molar-refractivity contribution in [2.45, 2.75) is 5.41 Å². The molecule has 1 aliphatic carbocycles. The van der Waals surface area contributed by atoms with Crippen molar-refractivity contribution < 1.29 is 8.83 Å². The van der Waals surface area contributed by atoms with E-state index < -0.39 is 5.41 Å². The van der Waals surface area contributed by atoms with Crippen LogP contribution in [0.1, 0.15) is 22.3 Å². The summed E-state index contributed by atoms with van der Waals surface area (Å²) in [5, 5.41) is 4.52. The van der Waals surface area contributed by atoms with Crippen molar-refractivity contribution in [3.8, 4) is 33.4 Å². The van der Waals surface area contributed by atoms with E-state index in [4.69, 9.17) is 8.83 Å². The van der Waals surface area contributed by atoms with E-state index in [1.165, 1.54) is 33.4 Å². The first-order valence-corrected chi connectivity index (χ1v) is 21.9. The van der Waals surface area contributed by atoms with Crippen LogP contribution in [0, 0.1) is 0 Å². The minimum atomic E-state index is -0.523. The van der Waals surface area contributed by atoms with E-state index in [-0.39, 0.29) is 0 Å². The summed E-state index contributed by atoms with van der Waals surface area (Å²) in [5.74, 6) is 0. The van der Waals surface area contributed by atoms with Crippen LogP contribution in [0.2, 0.25) is 0 Å². The Bertz CT molecular complexity index is 3670. The van der Waals surface area contributed by atoms with Crippen molar-refractivity contribution in [2.75, 3.05) is 4.90 Å². The molecule has 0 bridgehead atoms. The van der Waals surface area contributed by atoms with Crippen LogP contribution in [0.4, 0.5) is 17.1 Å². The number of hydrogen-bond acceptors (Lipinski definition) is 3. The van der Waals surface area contributed by atoms with Gasteiger partial charge in [-0.3, -0.25) is 0 Å². The van der Waals surface area contributed by atoms with Crippen LogP contribution >= 0.6 is 0 Å². The molecule has 0 saturated heterocycles. The van der Waals surface area contributed by atoms with E-state index in [1.54, 1.807) is 0 Å². The maximum atomic E-state index is 6.31. The molecular formula is C61H39NO2. The molecular weight excluding hydrogens is 779 g/mol. The zero-order valence-electron chi connectivity index (χ0n) is 34.8. The molecule has 0 radical (unpaired) electrons. The molecule has 300 valence electrons. The van der Waals surface area contributed by atoms with E-state index in [1.807, 2.05) is 24.3 Å². The Balaban J connectivity index is 1.01. The zero-order chi connectivity index (χ0) is 42.2. The third-order valence-corrected chi connectivity index (χ3v) is 13.4. The van der Waals surface area contributed by atoms with Crippen LogP contribution in [0.3, 0.4) is 0 Å². The minimum Gasteiger partial charge on any atom is -0.456 e. The average molecular weight is 818 g/mol. The van der Waals surface area contributed by atoms with Gasteiger partial charge in [-0.15, -0.1) is 0 Å². The molecule has 2 heterocycles. The van der Waals surface area contributed by atoms with Crippen LogP contribution in [-0.4, -0.2) is 0 Å². The summed E-state index contributed by atoms with van der Waals surface area (Å²) in [7, 11) is 0. The zero-order valence-corrected chi connectivity index (χ0v) is 34.8. The molecule has 0 aliphatic heterocycles. The van der Waals surface area contributed by atoms with E-state index in [0.717, 1.165) is 83.2 Å². The first-order valence-electron chi connectivity index (χ1n) is 21.9. The fourth-order valence-electron chi connectivity index (χ4n) is 10.6. The molecule has 3 nitrogen and oxygen atoms in total. The van der Waals surface area contributed by atoms with Crippen LogP contribution in [0.15, 0.2) is 245 Å². The van der Waals surface area contributed by atoms with Crippen molar-refractivity contribution in [2.24, 2.45) is 0 Å². The summed E-state index contributed by atoms with van der Waals surface area (Å²) in [6.07, 6.45) is 0. The van der Waals surface area contributed by atoms with Crippen molar-refractivity contribution in [1.82, 2.24) is 0 Å². The topological polar surface area (TPSA) is 29.5 Å². The minimum absolute atomic E-state index is 0.523. The van der Waals surface area contributed by atoms with E-state index in [0.29, 0.717) is 0 Å². The van der Waals surface area contributed by atoms with Crippen molar-refractivity contribution in [1.29, 1.82) is 0 Å². The Labute approximate surface area is 370 Å². The molecule has 64 heavy (non-hydrogen) atoms. The van der Waals surface area contributed by atoms with Gasteiger partial charge in [-0.2, -0.15) is 0 Å². The predicted octanol–water partition coefficient (Wildman–Crippen LogP) is 16.7. The monoisotopic (exact) mass is 817 g/mol. The van der Waals surface area contributed by atoms with Crippen molar-refractivity contribution >= 4 is 60.9 Å².